The molecule has 0 aromatic heterocycles. The van der Waals surface area contributed by atoms with E-state index in [9.17, 15) is 23.3 Å². The molecular weight excluding hydrogens is 470 g/mol. The van der Waals surface area contributed by atoms with Crippen LogP contribution in [0.5, 0.6) is 5.75 Å². The molecule has 1 unspecified atom stereocenters. The van der Waals surface area contributed by atoms with Gasteiger partial charge in [0, 0.05) is 22.7 Å². The zero-order chi connectivity index (χ0) is 24.2. The van der Waals surface area contributed by atoms with Gasteiger partial charge >= 0.3 is 0 Å². The Hall–Kier alpha value is -3.63. The molecule has 0 aliphatic heterocycles. The van der Waals surface area contributed by atoms with Crippen LogP contribution in [0.3, 0.4) is 0 Å². The van der Waals surface area contributed by atoms with Gasteiger partial charge in [0.05, 0.1) is 28.7 Å². The lowest BCUT2D eigenvalue weighted by atomic mass is 10.1. The van der Waals surface area contributed by atoms with Crippen molar-refractivity contribution in [2.75, 3.05) is 11.8 Å². The van der Waals surface area contributed by atoms with Crippen LogP contribution in [-0.2, 0) is 10.0 Å². The van der Waals surface area contributed by atoms with Crippen LogP contribution in [0.2, 0.25) is 5.02 Å². The summed E-state index contributed by atoms with van der Waals surface area (Å²) in [5, 5.41) is 14.4. The van der Waals surface area contributed by atoms with Crippen molar-refractivity contribution in [2.24, 2.45) is 0 Å². The number of benzene rings is 3. The first kappa shape index (κ1) is 24.0. The number of anilines is 1. The van der Waals surface area contributed by atoms with Crippen LogP contribution in [-0.4, -0.2) is 26.4 Å². The van der Waals surface area contributed by atoms with Gasteiger partial charge in [0.15, 0.2) is 0 Å². The number of ether oxygens (including phenoxy) is 1. The Morgan fingerprint density at radius 1 is 1.09 bits per heavy atom. The summed E-state index contributed by atoms with van der Waals surface area (Å²) in [4.78, 5) is 22.8. The number of nitro groups is 1. The van der Waals surface area contributed by atoms with Crippen molar-refractivity contribution in [3.05, 3.63) is 93.0 Å². The summed E-state index contributed by atoms with van der Waals surface area (Å²) in [5.74, 6) is -0.284. The molecule has 3 rings (SSSR count). The van der Waals surface area contributed by atoms with E-state index in [-0.39, 0.29) is 33.6 Å². The van der Waals surface area contributed by atoms with Crippen LogP contribution in [0, 0.1) is 10.1 Å². The molecule has 0 saturated carbocycles. The van der Waals surface area contributed by atoms with Gasteiger partial charge in [-0.25, -0.2) is 8.42 Å². The molecule has 2 N–H and O–H groups in total. The van der Waals surface area contributed by atoms with Crippen molar-refractivity contribution >= 4 is 38.9 Å². The highest BCUT2D eigenvalue weighted by Gasteiger charge is 2.20. The average Bonchev–Trinajstić information content (AvgIpc) is 2.79. The van der Waals surface area contributed by atoms with Crippen molar-refractivity contribution in [3.8, 4) is 5.75 Å². The van der Waals surface area contributed by atoms with Crippen LogP contribution < -0.4 is 14.8 Å². The fraction of sp³-hybridized carbons (Fsp3) is 0.136. The largest absolute Gasteiger partial charge is 0.495 e. The summed E-state index contributed by atoms with van der Waals surface area (Å²) in [6.45, 7) is 1.79. The van der Waals surface area contributed by atoms with E-state index in [1.54, 1.807) is 25.1 Å². The summed E-state index contributed by atoms with van der Waals surface area (Å²) >= 11 is 6.16. The van der Waals surface area contributed by atoms with Gasteiger partial charge in [-0.2, -0.15) is 0 Å². The van der Waals surface area contributed by atoms with E-state index in [0.717, 1.165) is 11.6 Å². The third-order valence-electron chi connectivity index (χ3n) is 4.78. The minimum atomic E-state index is -4.10. The molecule has 0 saturated heterocycles. The number of non-ortho nitro benzene ring substituents is 1. The Morgan fingerprint density at radius 2 is 1.76 bits per heavy atom. The summed E-state index contributed by atoms with van der Waals surface area (Å²) in [6.07, 6.45) is 0. The fourth-order valence-corrected chi connectivity index (χ4v) is 4.42. The van der Waals surface area contributed by atoms with E-state index < -0.39 is 20.9 Å². The second-order valence-electron chi connectivity index (χ2n) is 6.99. The smallest absolute Gasteiger partial charge is 0.271 e. The fourth-order valence-electron chi connectivity index (χ4n) is 3.06. The van der Waals surface area contributed by atoms with Crippen LogP contribution in [0.25, 0.3) is 0 Å². The van der Waals surface area contributed by atoms with Gasteiger partial charge in [-0.15, -0.1) is 0 Å². The Labute approximate surface area is 195 Å². The summed E-state index contributed by atoms with van der Waals surface area (Å²) in [6, 6.07) is 15.6. The van der Waals surface area contributed by atoms with Crippen LogP contribution in [0.15, 0.2) is 71.6 Å². The van der Waals surface area contributed by atoms with Gasteiger partial charge in [0.25, 0.3) is 21.6 Å². The molecular formula is C22H20ClN3O6S. The topological polar surface area (TPSA) is 128 Å². The predicted molar refractivity (Wildman–Crippen MR) is 124 cm³/mol. The van der Waals surface area contributed by atoms with Gasteiger partial charge in [-0.1, -0.05) is 29.8 Å². The highest BCUT2D eigenvalue weighted by molar-refractivity contribution is 7.92. The molecule has 1 amide bonds. The van der Waals surface area contributed by atoms with Crippen LogP contribution in [0.1, 0.15) is 28.9 Å². The Kier molecular flexibility index (Phi) is 7.19. The van der Waals surface area contributed by atoms with E-state index >= 15 is 0 Å². The zero-order valence-electron chi connectivity index (χ0n) is 17.6. The number of sulfonamides is 1. The van der Waals surface area contributed by atoms with Crippen molar-refractivity contribution in [1.29, 1.82) is 0 Å². The molecule has 9 nitrogen and oxygen atoms in total. The van der Waals surface area contributed by atoms with E-state index in [1.807, 2.05) is 6.07 Å². The Morgan fingerprint density at radius 3 is 2.36 bits per heavy atom. The Bertz CT molecular complexity index is 1300. The van der Waals surface area contributed by atoms with E-state index in [4.69, 9.17) is 16.3 Å². The molecule has 0 aliphatic rings. The van der Waals surface area contributed by atoms with E-state index in [2.05, 4.69) is 10.0 Å². The zero-order valence-corrected chi connectivity index (χ0v) is 19.2. The average molecular weight is 490 g/mol. The Balaban J connectivity index is 1.78. The number of halogens is 1. The highest BCUT2D eigenvalue weighted by atomic mass is 35.5. The molecule has 0 spiro atoms. The standard InChI is InChI=1S/C22H20ClN3O6S/c1-14(18-5-3-4-6-19(18)23)24-22(27)15-7-10-17(11-8-15)33(30,31)25-20-13-16(26(28)29)9-12-21(20)32-2/h3-14,25H,1-2H3,(H,24,27). The molecule has 0 radical (unpaired) electrons. The number of nitrogens with zero attached hydrogens (tertiary/aromatic N) is 1. The molecule has 0 heterocycles. The lowest BCUT2D eigenvalue weighted by Gasteiger charge is -2.16. The van der Waals surface area contributed by atoms with Gasteiger partial charge < -0.3 is 10.1 Å². The summed E-state index contributed by atoms with van der Waals surface area (Å²) in [7, 11) is -2.79. The highest BCUT2D eigenvalue weighted by Crippen LogP contribution is 2.31. The maximum Gasteiger partial charge on any atom is 0.271 e. The first-order valence-corrected chi connectivity index (χ1v) is 11.5. The summed E-state index contributed by atoms with van der Waals surface area (Å²) in [5.41, 5.74) is 0.623. The molecule has 0 bridgehead atoms. The first-order valence-electron chi connectivity index (χ1n) is 9.63. The SMILES string of the molecule is COc1ccc([N+](=O)[O-])cc1NS(=O)(=O)c1ccc(C(=O)NC(C)c2ccccc2Cl)cc1. The molecule has 3 aromatic carbocycles. The number of nitro benzene ring substituents is 1. The third kappa shape index (κ3) is 5.60. The van der Waals surface area contributed by atoms with Gasteiger partial charge in [0.2, 0.25) is 0 Å². The van der Waals surface area contributed by atoms with Crippen molar-refractivity contribution in [3.63, 3.8) is 0 Å². The number of rotatable bonds is 8. The lowest BCUT2D eigenvalue weighted by molar-refractivity contribution is -0.384. The van der Waals surface area contributed by atoms with Crippen molar-refractivity contribution < 1.29 is 22.9 Å². The van der Waals surface area contributed by atoms with Gasteiger partial charge in [-0.05, 0) is 48.9 Å². The number of amides is 1. The molecule has 11 heteroatoms. The number of methoxy groups -OCH3 is 1. The summed E-state index contributed by atoms with van der Waals surface area (Å²) < 4.78 is 32.9. The maximum absolute atomic E-state index is 12.8. The predicted octanol–water partition coefficient (Wildman–Crippen LogP) is 4.55. The number of carbonyl (C=O) groups is 1. The quantitative estimate of drug-likeness (QED) is 0.353. The van der Waals surface area contributed by atoms with Crippen molar-refractivity contribution in [1.82, 2.24) is 5.32 Å². The third-order valence-corrected chi connectivity index (χ3v) is 6.51. The van der Waals surface area contributed by atoms with Gasteiger partial charge in [0.1, 0.15) is 5.75 Å². The molecule has 3 aromatic rings. The molecule has 172 valence electrons. The van der Waals surface area contributed by atoms with Crippen LogP contribution in [0.4, 0.5) is 11.4 Å². The molecule has 0 fully saturated rings. The normalized spacial score (nSPS) is 12.0. The number of nitrogens with one attached hydrogen (secondary N) is 2. The number of hydrogen-bond acceptors (Lipinski definition) is 6. The molecule has 1 atom stereocenters. The van der Waals surface area contributed by atoms with Crippen LogP contribution >= 0.6 is 11.6 Å². The lowest BCUT2D eigenvalue weighted by Crippen LogP contribution is -2.26. The maximum atomic E-state index is 12.8. The van der Waals surface area contributed by atoms with E-state index in [0.29, 0.717) is 5.02 Å². The number of hydrogen-bond donors (Lipinski definition) is 2. The minimum Gasteiger partial charge on any atom is -0.495 e. The second kappa shape index (κ2) is 9.88. The second-order valence-corrected chi connectivity index (χ2v) is 9.08. The molecule has 33 heavy (non-hydrogen) atoms. The molecule has 0 aliphatic carbocycles. The monoisotopic (exact) mass is 489 g/mol. The number of carbonyl (C=O) groups excluding carboxylic acids is 1. The van der Waals surface area contributed by atoms with Gasteiger partial charge in [-0.3, -0.25) is 19.6 Å². The van der Waals surface area contributed by atoms with Crippen molar-refractivity contribution in [2.45, 2.75) is 17.9 Å². The van der Waals surface area contributed by atoms with E-state index in [1.165, 1.54) is 43.5 Å². The minimum absolute atomic E-state index is 0.0814. The first-order chi connectivity index (χ1) is 15.6.